The summed E-state index contributed by atoms with van der Waals surface area (Å²) < 4.78 is 0. The number of aromatic nitrogens is 1. The van der Waals surface area contributed by atoms with E-state index < -0.39 is 5.97 Å². The predicted octanol–water partition coefficient (Wildman–Crippen LogP) is 4.14. The molecule has 1 aliphatic rings. The maximum atomic E-state index is 12.7. The highest BCUT2D eigenvalue weighted by atomic mass is 32.2. The summed E-state index contributed by atoms with van der Waals surface area (Å²) in [6.45, 7) is 0. The van der Waals surface area contributed by atoms with E-state index in [1.54, 1.807) is 24.3 Å². The van der Waals surface area contributed by atoms with Gasteiger partial charge in [-0.25, -0.2) is 0 Å². The standard InChI is InChI=1S/C22H17N3O3S/c26-18(27)13-14-8-10-16(11-9-14)24-22-25-21(28)20(29-22)19(17-7-4-12-23-17)15-5-2-1-3-6-15/h1-12,23H,13H2,(H,26,27)(H,24,25,28). The van der Waals surface area contributed by atoms with E-state index in [1.807, 2.05) is 48.7 Å². The number of anilines is 1. The topological polar surface area (TPSA) is 94.5 Å². The van der Waals surface area contributed by atoms with Crippen LogP contribution in [0.25, 0.3) is 5.57 Å². The predicted molar refractivity (Wildman–Crippen MR) is 115 cm³/mol. The van der Waals surface area contributed by atoms with E-state index >= 15 is 0 Å². The highest BCUT2D eigenvalue weighted by Gasteiger charge is 2.27. The molecule has 144 valence electrons. The van der Waals surface area contributed by atoms with Crippen LogP contribution in [0.2, 0.25) is 0 Å². The SMILES string of the molecule is O=C(O)Cc1ccc(NC2=NC(=O)C(=C(c3ccccc3)c3ccc[nH]3)S2)cc1. The second-order valence-corrected chi connectivity index (χ2v) is 7.37. The van der Waals surface area contributed by atoms with Gasteiger partial charge in [0.15, 0.2) is 5.17 Å². The number of amides is 1. The second kappa shape index (κ2) is 8.20. The Morgan fingerprint density at radius 2 is 1.79 bits per heavy atom. The van der Waals surface area contributed by atoms with E-state index in [-0.39, 0.29) is 12.3 Å². The van der Waals surface area contributed by atoms with Crippen molar-refractivity contribution in [1.29, 1.82) is 0 Å². The van der Waals surface area contributed by atoms with E-state index in [9.17, 15) is 9.59 Å². The fourth-order valence-corrected chi connectivity index (χ4v) is 3.97. The van der Waals surface area contributed by atoms with Crippen molar-refractivity contribution < 1.29 is 14.7 Å². The molecule has 2 aromatic carbocycles. The number of hydrogen-bond acceptors (Lipinski definition) is 4. The van der Waals surface area contributed by atoms with Gasteiger partial charge >= 0.3 is 5.97 Å². The highest BCUT2D eigenvalue weighted by Crippen LogP contribution is 2.37. The molecule has 0 atom stereocenters. The zero-order valence-electron chi connectivity index (χ0n) is 15.3. The molecule has 7 heteroatoms. The molecule has 6 nitrogen and oxygen atoms in total. The minimum absolute atomic E-state index is 0.0298. The molecule has 0 saturated heterocycles. The third-order valence-corrected chi connectivity index (χ3v) is 5.28. The fraction of sp³-hybridized carbons (Fsp3) is 0.0455. The lowest BCUT2D eigenvalue weighted by Crippen LogP contribution is -2.05. The number of nitrogens with zero attached hydrogens (tertiary/aromatic N) is 1. The van der Waals surface area contributed by atoms with Gasteiger partial charge in [0.05, 0.1) is 11.3 Å². The highest BCUT2D eigenvalue weighted by molar-refractivity contribution is 8.18. The van der Waals surface area contributed by atoms with Gasteiger partial charge in [0.25, 0.3) is 5.91 Å². The number of aliphatic imine (C=N–C) groups is 1. The van der Waals surface area contributed by atoms with E-state index in [1.165, 1.54) is 11.8 Å². The third kappa shape index (κ3) is 4.30. The average Bonchev–Trinajstić information content (AvgIpc) is 3.35. The largest absolute Gasteiger partial charge is 0.481 e. The van der Waals surface area contributed by atoms with Crippen molar-refractivity contribution >= 4 is 40.1 Å². The lowest BCUT2D eigenvalue weighted by molar-refractivity contribution is -0.136. The van der Waals surface area contributed by atoms with Crippen LogP contribution in [0.1, 0.15) is 16.8 Å². The minimum Gasteiger partial charge on any atom is -0.481 e. The Morgan fingerprint density at radius 3 is 2.45 bits per heavy atom. The first-order chi connectivity index (χ1) is 14.1. The Labute approximate surface area is 171 Å². The molecule has 0 radical (unpaired) electrons. The van der Waals surface area contributed by atoms with Gasteiger partial charge in [-0.2, -0.15) is 4.99 Å². The molecule has 1 aliphatic heterocycles. The lowest BCUT2D eigenvalue weighted by atomic mass is 10.0. The van der Waals surface area contributed by atoms with Crippen molar-refractivity contribution in [1.82, 2.24) is 4.98 Å². The molecule has 0 fully saturated rings. The number of rotatable bonds is 5. The van der Waals surface area contributed by atoms with Gasteiger partial charge in [0, 0.05) is 23.2 Å². The summed E-state index contributed by atoms with van der Waals surface area (Å²) in [5, 5.41) is 12.5. The van der Waals surface area contributed by atoms with E-state index in [2.05, 4.69) is 15.3 Å². The average molecular weight is 403 g/mol. The first-order valence-electron chi connectivity index (χ1n) is 8.92. The fourth-order valence-electron chi connectivity index (χ4n) is 3.02. The second-order valence-electron chi connectivity index (χ2n) is 6.37. The number of benzene rings is 2. The molecule has 0 unspecified atom stereocenters. The van der Waals surface area contributed by atoms with Crippen LogP contribution in [0, 0.1) is 0 Å². The quantitative estimate of drug-likeness (QED) is 0.557. The van der Waals surface area contributed by atoms with Gasteiger partial charge in [-0.1, -0.05) is 42.5 Å². The molecule has 4 rings (SSSR count). The molecule has 1 aromatic heterocycles. The van der Waals surface area contributed by atoms with Crippen molar-refractivity contribution in [2.24, 2.45) is 4.99 Å². The number of aliphatic carboxylic acids is 1. The zero-order valence-corrected chi connectivity index (χ0v) is 16.1. The Hall–Kier alpha value is -3.58. The molecule has 3 aromatic rings. The summed E-state index contributed by atoms with van der Waals surface area (Å²) in [6.07, 6.45) is 1.79. The van der Waals surface area contributed by atoms with Crippen molar-refractivity contribution in [2.75, 3.05) is 5.32 Å². The monoisotopic (exact) mass is 403 g/mol. The molecule has 0 saturated carbocycles. The molecule has 0 spiro atoms. The van der Waals surface area contributed by atoms with E-state index in [4.69, 9.17) is 5.11 Å². The molecule has 0 aliphatic carbocycles. The van der Waals surface area contributed by atoms with Crippen LogP contribution in [0.3, 0.4) is 0 Å². The summed E-state index contributed by atoms with van der Waals surface area (Å²) in [5.41, 5.74) is 4.03. The third-order valence-electron chi connectivity index (χ3n) is 4.31. The molecular weight excluding hydrogens is 386 g/mol. The molecule has 2 heterocycles. The van der Waals surface area contributed by atoms with Gasteiger partial charge in [-0.3, -0.25) is 9.59 Å². The van der Waals surface area contributed by atoms with Gasteiger partial charge in [0.2, 0.25) is 0 Å². The zero-order chi connectivity index (χ0) is 20.2. The van der Waals surface area contributed by atoms with Crippen LogP contribution < -0.4 is 5.32 Å². The summed E-state index contributed by atoms with van der Waals surface area (Å²) in [4.78, 5) is 31.4. The molecular formula is C22H17N3O3S. The first-order valence-corrected chi connectivity index (χ1v) is 9.74. The van der Waals surface area contributed by atoms with Crippen LogP contribution in [-0.2, 0) is 16.0 Å². The van der Waals surface area contributed by atoms with E-state index in [0.717, 1.165) is 22.5 Å². The number of hydrogen-bond donors (Lipinski definition) is 3. The minimum atomic E-state index is -0.875. The van der Waals surface area contributed by atoms with Crippen molar-refractivity contribution in [3.8, 4) is 0 Å². The number of nitrogens with one attached hydrogen (secondary N) is 2. The summed E-state index contributed by atoms with van der Waals surface area (Å²) in [7, 11) is 0. The van der Waals surface area contributed by atoms with Crippen LogP contribution >= 0.6 is 11.8 Å². The molecule has 3 N–H and O–H groups in total. The Balaban J connectivity index is 1.60. The number of carboxylic acids is 1. The number of carbonyl (C=O) groups excluding carboxylic acids is 1. The van der Waals surface area contributed by atoms with Crippen molar-refractivity contribution in [3.05, 3.63) is 94.7 Å². The van der Waals surface area contributed by atoms with Crippen molar-refractivity contribution in [3.63, 3.8) is 0 Å². The van der Waals surface area contributed by atoms with Crippen LogP contribution in [0.15, 0.2) is 82.8 Å². The Bertz CT molecular complexity index is 1100. The van der Waals surface area contributed by atoms with Crippen LogP contribution in [-0.4, -0.2) is 27.1 Å². The molecule has 29 heavy (non-hydrogen) atoms. The number of amidine groups is 1. The number of thioether (sulfide) groups is 1. The normalized spacial score (nSPS) is 15.2. The maximum absolute atomic E-state index is 12.7. The van der Waals surface area contributed by atoms with Crippen molar-refractivity contribution in [2.45, 2.75) is 6.42 Å². The van der Waals surface area contributed by atoms with Gasteiger partial charge < -0.3 is 15.4 Å². The summed E-state index contributed by atoms with van der Waals surface area (Å²) >= 11 is 1.28. The summed E-state index contributed by atoms with van der Waals surface area (Å²) in [5.74, 6) is -1.17. The Kier molecular flexibility index (Phi) is 5.31. The molecule has 1 amide bonds. The van der Waals surface area contributed by atoms with Crippen LogP contribution in [0.4, 0.5) is 5.69 Å². The van der Waals surface area contributed by atoms with E-state index in [0.29, 0.717) is 15.6 Å². The number of carbonyl (C=O) groups is 2. The van der Waals surface area contributed by atoms with Crippen LogP contribution in [0.5, 0.6) is 0 Å². The first kappa shape index (κ1) is 18.8. The Morgan fingerprint density at radius 1 is 1.03 bits per heavy atom. The van der Waals surface area contributed by atoms with Gasteiger partial charge in [-0.15, -0.1) is 0 Å². The van der Waals surface area contributed by atoms with Gasteiger partial charge in [-0.05, 0) is 47.2 Å². The number of carboxylic acid groups (broad SMARTS) is 1. The number of aromatic amines is 1. The van der Waals surface area contributed by atoms with Gasteiger partial charge in [0.1, 0.15) is 0 Å². The number of H-pyrrole nitrogens is 1. The molecule has 0 bridgehead atoms. The smallest absolute Gasteiger partial charge is 0.307 e. The summed E-state index contributed by atoms with van der Waals surface area (Å²) in [6, 6.07) is 20.6. The lowest BCUT2D eigenvalue weighted by Gasteiger charge is -2.10. The maximum Gasteiger partial charge on any atom is 0.307 e.